The number of likely N-dealkylation sites (tertiary alicyclic amines) is 1. The van der Waals surface area contributed by atoms with E-state index >= 15 is 0 Å². The molecule has 2 amide bonds. The molecule has 2 aromatic rings. The predicted octanol–water partition coefficient (Wildman–Crippen LogP) is 4.46. The lowest BCUT2D eigenvalue weighted by atomic mass is 10.00. The smallest absolute Gasteiger partial charge is 0.453 e. The number of hydrogen-bond donors (Lipinski definition) is 2. The Morgan fingerprint density at radius 1 is 1.15 bits per heavy atom. The van der Waals surface area contributed by atoms with E-state index in [9.17, 15) is 31.1 Å². The molecule has 2 fully saturated rings. The van der Waals surface area contributed by atoms with Crippen LogP contribution in [-0.2, 0) is 4.74 Å². The van der Waals surface area contributed by atoms with Crippen molar-refractivity contribution >= 4 is 17.5 Å². The van der Waals surface area contributed by atoms with Crippen LogP contribution in [0.5, 0.6) is 5.88 Å². The van der Waals surface area contributed by atoms with E-state index in [1.807, 2.05) is 4.90 Å². The first-order chi connectivity index (χ1) is 18.4. The van der Waals surface area contributed by atoms with Crippen LogP contribution in [0.2, 0.25) is 0 Å². The van der Waals surface area contributed by atoms with Gasteiger partial charge < -0.3 is 29.7 Å². The molecule has 3 heterocycles. The Morgan fingerprint density at radius 3 is 2.54 bits per heavy atom. The Hall–Kier alpha value is -3.26. The third-order valence-electron chi connectivity index (χ3n) is 6.70. The number of nitrogens with one attached hydrogen (secondary N) is 1. The zero-order chi connectivity index (χ0) is 28.4. The number of anilines is 2. The first kappa shape index (κ1) is 28.7. The lowest BCUT2D eigenvalue weighted by Gasteiger charge is -2.28. The molecule has 1 aromatic carbocycles. The van der Waals surface area contributed by atoms with Gasteiger partial charge in [0.25, 0.3) is 0 Å². The van der Waals surface area contributed by atoms with E-state index in [1.54, 1.807) is 19.1 Å². The molecule has 8 nitrogen and oxygen atoms in total. The van der Waals surface area contributed by atoms with E-state index in [1.165, 1.54) is 12.1 Å². The Labute approximate surface area is 220 Å². The third-order valence-corrected chi connectivity index (χ3v) is 6.70. The van der Waals surface area contributed by atoms with E-state index in [0.29, 0.717) is 48.8 Å². The fourth-order valence-corrected chi connectivity index (χ4v) is 4.57. The van der Waals surface area contributed by atoms with Crippen molar-refractivity contribution in [1.29, 1.82) is 0 Å². The summed E-state index contributed by atoms with van der Waals surface area (Å²) in [6.45, 7) is 2.39. The number of amides is 2. The fourth-order valence-electron chi connectivity index (χ4n) is 4.57. The summed E-state index contributed by atoms with van der Waals surface area (Å²) in [5.41, 5.74) is 1.30. The second kappa shape index (κ2) is 11.5. The standard InChI is InChI=1S/C25H28F6N4O4/c1-15-10-19(26)20(32-23(37)35-3-2-17(14-35)24(27,28)25(29,30)31)13-18(15)16-11-21(34-4-7-38-8-5-34)33-22(12-16)39-9-6-36/h10-13,17,36H,2-9,14H2,1H3,(H,32,37)/t17-/m0/s1. The topological polar surface area (TPSA) is 87.2 Å². The number of rotatable bonds is 7. The van der Waals surface area contributed by atoms with E-state index < -0.39 is 42.8 Å². The van der Waals surface area contributed by atoms with Crippen LogP contribution in [0.1, 0.15) is 12.0 Å². The number of carbonyl (C=O) groups excluding carboxylic acids is 1. The normalized spacial score (nSPS) is 18.4. The number of nitrogens with zero attached hydrogens (tertiary/aromatic N) is 3. The van der Waals surface area contributed by atoms with Crippen LogP contribution >= 0.6 is 0 Å². The Kier molecular flexibility index (Phi) is 8.45. The maximum absolute atomic E-state index is 14.8. The van der Waals surface area contributed by atoms with Crippen molar-refractivity contribution in [2.75, 3.05) is 62.8 Å². The van der Waals surface area contributed by atoms with E-state index in [0.717, 1.165) is 4.90 Å². The van der Waals surface area contributed by atoms with Gasteiger partial charge >= 0.3 is 18.1 Å². The minimum absolute atomic E-state index is 0.00702. The summed E-state index contributed by atoms with van der Waals surface area (Å²) in [7, 11) is 0. The Morgan fingerprint density at radius 2 is 1.87 bits per heavy atom. The van der Waals surface area contributed by atoms with Gasteiger partial charge in [-0.25, -0.2) is 9.18 Å². The van der Waals surface area contributed by atoms with Gasteiger partial charge in [0.15, 0.2) is 0 Å². The van der Waals surface area contributed by atoms with Crippen molar-refractivity contribution in [3.8, 4) is 17.0 Å². The van der Waals surface area contributed by atoms with Gasteiger partial charge in [-0.15, -0.1) is 0 Å². The summed E-state index contributed by atoms with van der Waals surface area (Å²) in [5, 5.41) is 11.5. The highest BCUT2D eigenvalue weighted by Gasteiger charge is 2.63. The molecule has 2 N–H and O–H groups in total. The number of urea groups is 1. The van der Waals surface area contributed by atoms with E-state index in [4.69, 9.17) is 14.6 Å². The zero-order valence-electron chi connectivity index (χ0n) is 21.0. The van der Waals surface area contributed by atoms with Gasteiger partial charge in [-0.3, -0.25) is 0 Å². The fraction of sp³-hybridized carbons (Fsp3) is 0.520. The molecular formula is C25H28F6N4O4. The van der Waals surface area contributed by atoms with Crippen LogP contribution < -0.4 is 15.0 Å². The van der Waals surface area contributed by atoms with Gasteiger partial charge in [-0.05, 0) is 48.2 Å². The van der Waals surface area contributed by atoms with Crippen molar-refractivity contribution in [3.05, 3.63) is 35.6 Å². The molecule has 2 aliphatic heterocycles. The largest absolute Gasteiger partial charge is 0.475 e. The van der Waals surface area contributed by atoms with Gasteiger partial charge in [-0.2, -0.15) is 26.9 Å². The highest BCUT2D eigenvalue weighted by atomic mass is 19.4. The van der Waals surface area contributed by atoms with Crippen molar-refractivity contribution in [2.24, 2.45) is 5.92 Å². The van der Waals surface area contributed by atoms with Gasteiger partial charge in [-0.1, -0.05) is 0 Å². The van der Waals surface area contributed by atoms with E-state index in [2.05, 4.69) is 10.3 Å². The van der Waals surface area contributed by atoms with Crippen molar-refractivity contribution in [3.63, 3.8) is 0 Å². The number of aryl methyl sites for hydroxylation is 1. The molecule has 0 spiro atoms. The number of aromatic nitrogens is 1. The second-order valence-corrected chi connectivity index (χ2v) is 9.35. The van der Waals surface area contributed by atoms with Crippen LogP contribution in [0, 0.1) is 18.7 Å². The van der Waals surface area contributed by atoms with Crippen LogP contribution in [-0.4, -0.2) is 85.7 Å². The summed E-state index contributed by atoms with van der Waals surface area (Å²) in [6, 6.07) is 4.90. The number of aliphatic hydroxyl groups excluding tert-OH is 1. The molecule has 4 rings (SSSR count). The second-order valence-electron chi connectivity index (χ2n) is 9.35. The molecule has 2 aliphatic rings. The summed E-state index contributed by atoms with van der Waals surface area (Å²) < 4.78 is 91.5. The number of halogens is 6. The van der Waals surface area contributed by atoms with Gasteiger partial charge in [0.2, 0.25) is 5.88 Å². The van der Waals surface area contributed by atoms with Crippen LogP contribution in [0.25, 0.3) is 11.1 Å². The number of alkyl halides is 5. The van der Waals surface area contributed by atoms with Gasteiger partial charge in [0.05, 0.1) is 31.4 Å². The lowest BCUT2D eigenvalue weighted by Crippen LogP contribution is -2.45. The van der Waals surface area contributed by atoms with Crippen LogP contribution in [0.3, 0.4) is 0 Å². The zero-order valence-corrected chi connectivity index (χ0v) is 21.0. The molecule has 1 aromatic heterocycles. The number of hydrogen-bond acceptors (Lipinski definition) is 6. The number of ether oxygens (including phenoxy) is 2. The highest BCUT2D eigenvalue weighted by Crippen LogP contribution is 2.44. The molecule has 39 heavy (non-hydrogen) atoms. The number of morpholine rings is 1. The molecule has 14 heteroatoms. The minimum atomic E-state index is -5.73. The number of aliphatic hydroxyl groups is 1. The van der Waals surface area contributed by atoms with Crippen molar-refractivity contribution in [2.45, 2.75) is 25.4 Å². The molecule has 1 atom stereocenters. The predicted molar refractivity (Wildman–Crippen MR) is 130 cm³/mol. The number of carbonyl (C=O) groups is 1. The van der Waals surface area contributed by atoms with Crippen molar-refractivity contribution in [1.82, 2.24) is 9.88 Å². The number of pyridine rings is 1. The molecule has 0 bridgehead atoms. The molecule has 2 saturated heterocycles. The molecule has 0 aliphatic carbocycles. The van der Waals surface area contributed by atoms with Gasteiger partial charge in [0.1, 0.15) is 18.2 Å². The lowest BCUT2D eigenvalue weighted by molar-refractivity contribution is -0.300. The summed E-state index contributed by atoms with van der Waals surface area (Å²) in [5.74, 6) is -7.06. The first-order valence-electron chi connectivity index (χ1n) is 12.3. The van der Waals surface area contributed by atoms with Crippen LogP contribution in [0.4, 0.5) is 42.6 Å². The van der Waals surface area contributed by atoms with Crippen molar-refractivity contribution < 1.29 is 45.7 Å². The summed E-state index contributed by atoms with van der Waals surface area (Å²) in [4.78, 5) is 20.0. The minimum Gasteiger partial charge on any atom is -0.475 e. The summed E-state index contributed by atoms with van der Waals surface area (Å²) >= 11 is 0. The van der Waals surface area contributed by atoms with E-state index in [-0.39, 0.29) is 31.3 Å². The quantitative estimate of drug-likeness (QED) is 0.485. The maximum Gasteiger partial charge on any atom is 0.453 e. The molecule has 0 saturated carbocycles. The maximum atomic E-state index is 14.8. The molecule has 0 radical (unpaired) electrons. The average Bonchev–Trinajstić information content (AvgIpc) is 3.40. The molecule has 0 unspecified atom stereocenters. The van der Waals surface area contributed by atoms with Crippen LogP contribution in [0.15, 0.2) is 24.3 Å². The molecule has 214 valence electrons. The first-order valence-corrected chi connectivity index (χ1v) is 12.3. The Bertz CT molecular complexity index is 1190. The van der Waals surface area contributed by atoms with Gasteiger partial charge in [0, 0.05) is 32.2 Å². The Balaban J connectivity index is 1.59. The third kappa shape index (κ3) is 6.32. The SMILES string of the molecule is Cc1cc(F)c(NC(=O)N2CC[C@H](C(F)(F)C(F)(F)F)C2)cc1-c1cc(OCCO)nc(N2CCOCC2)c1. The summed E-state index contributed by atoms with van der Waals surface area (Å²) in [6.07, 6.45) is -6.27. The monoisotopic (exact) mass is 562 g/mol. The number of benzene rings is 1. The highest BCUT2D eigenvalue weighted by molar-refractivity contribution is 5.91. The average molecular weight is 563 g/mol. The molecular weight excluding hydrogens is 534 g/mol.